The smallest absolute Gasteiger partial charge is 0.150 e. The normalized spacial score (nSPS) is 11.4. The summed E-state index contributed by atoms with van der Waals surface area (Å²) in [5.41, 5.74) is 0.731. The van der Waals surface area contributed by atoms with E-state index in [2.05, 4.69) is 18.2 Å². The van der Waals surface area contributed by atoms with Gasteiger partial charge in [-0.1, -0.05) is 36.4 Å². The van der Waals surface area contributed by atoms with E-state index in [1.807, 2.05) is 30.3 Å². The first kappa shape index (κ1) is 11.2. The molecule has 4 aromatic rings. The molecule has 0 N–H and O–H groups in total. The topological polar surface area (TPSA) is 26.3 Å². The second kappa shape index (κ2) is 3.94. The largest absolute Gasteiger partial charge is 0.496 e. The summed E-state index contributed by atoms with van der Waals surface area (Å²) < 4.78 is 5.46. The standard InChI is InChI=1S/C18H12O2/c1-20-16-9-6-12-3-2-11-4-5-13(10-19)14-7-8-15(16)18(12)17(11)14/h2-10H,1H3. The van der Waals surface area contributed by atoms with E-state index >= 15 is 0 Å². The Hall–Kier alpha value is -2.61. The quantitative estimate of drug-likeness (QED) is 0.394. The molecule has 0 fully saturated rings. The van der Waals surface area contributed by atoms with Gasteiger partial charge in [0, 0.05) is 16.3 Å². The maximum Gasteiger partial charge on any atom is 0.150 e. The van der Waals surface area contributed by atoms with Crippen LogP contribution in [0.3, 0.4) is 0 Å². The van der Waals surface area contributed by atoms with Crippen molar-refractivity contribution in [3.63, 3.8) is 0 Å². The lowest BCUT2D eigenvalue weighted by Crippen LogP contribution is -1.90. The number of benzene rings is 4. The highest BCUT2D eigenvalue weighted by Crippen LogP contribution is 2.39. The van der Waals surface area contributed by atoms with E-state index in [1.165, 1.54) is 10.8 Å². The zero-order valence-corrected chi connectivity index (χ0v) is 11.0. The highest BCUT2D eigenvalue weighted by molar-refractivity contribution is 6.26. The van der Waals surface area contributed by atoms with Crippen LogP contribution in [0, 0.1) is 0 Å². The Bertz CT molecular complexity index is 954. The Labute approximate surface area is 115 Å². The molecule has 2 heteroatoms. The predicted molar refractivity (Wildman–Crippen MR) is 82.1 cm³/mol. The van der Waals surface area contributed by atoms with Crippen molar-refractivity contribution in [1.29, 1.82) is 0 Å². The summed E-state index contributed by atoms with van der Waals surface area (Å²) >= 11 is 0. The van der Waals surface area contributed by atoms with Gasteiger partial charge in [-0.3, -0.25) is 4.79 Å². The molecule has 0 radical (unpaired) electrons. The van der Waals surface area contributed by atoms with Crippen LogP contribution in [0.2, 0.25) is 0 Å². The number of hydrogen-bond donors (Lipinski definition) is 0. The van der Waals surface area contributed by atoms with Crippen LogP contribution in [0.1, 0.15) is 10.4 Å². The van der Waals surface area contributed by atoms with Gasteiger partial charge in [0.1, 0.15) is 5.75 Å². The summed E-state index contributed by atoms with van der Waals surface area (Å²) in [5, 5.41) is 6.72. The van der Waals surface area contributed by atoms with Gasteiger partial charge in [0.2, 0.25) is 0 Å². The number of ether oxygens (including phenoxy) is 1. The van der Waals surface area contributed by atoms with Gasteiger partial charge in [0.05, 0.1) is 7.11 Å². The fourth-order valence-electron chi connectivity index (χ4n) is 3.08. The third kappa shape index (κ3) is 1.31. The molecule has 0 aliphatic heterocycles. The summed E-state index contributed by atoms with van der Waals surface area (Å²) in [6.45, 7) is 0. The lowest BCUT2D eigenvalue weighted by Gasteiger charge is -2.13. The van der Waals surface area contributed by atoms with Crippen molar-refractivity contribution in [2.45, 2.75) is 0 Å². The number of carbonyl (C=O) groups excluding carboxylic acids is 1. The monoisotopic (exact) mass is 260 g/mol. The summed E-state index contributed by atoms with van der Waals surface area (Å²) in [6.07, 6.45) is 0.920. The molecule has 0 spiro atoms. The molecule has 0 heterocycles. The maximum absolute atomic E-state index is 11.3. The first-order chi connectivity index (χ1) is 9.83. The third-order valence-corrected chi connectivity index (χ3v) is 4.01. The summed E-state index contributed by atoms with van der Waals surface area (Å²) in [7, 11) is 1.68. The highest BCUT2D eigenvalue weighted by atomic mass is 16.5. The van der Waals surface area contributed by atoms with Crippen LogP contribution in [0.25, 0.3) is 32.3 Å². The van der Waals surface area contributed by atoms with E-state index in [1.54, 1.807) is 7.11 Å². The van der Waals surface area contributed by atoms with E-state index in [9.17, 15) is 4.79 Å². The van der Waals surface area contributed by atoms with Crippen molar-refractivity contribution < 1.29 is 9.53 Å². The molecule has 0 aromatic heterocycles. The Morgan fingerprint density at radius 1 is 0.800 bits per heavy atom. The van der Waals surface area contributed by atoms with Gasteiger partial charge < -0.3 is 4.74 Å². The zero-order valence-electron chi connectivity index (χ0n) is 11.0. The minimum atomic E-state index is 0.731. The first-order valence-electron chi connectivity index (χ1n) is 6.53. The molecule has 0 aliphatic carbocycles. The zero-order chi connectivity index (χ0) is 13.7. The fourth-order valence-corrected chi connectivity index (χ4v) is 3.08. The molecule has 4 rings (SSSR count). The molecule has 4 aromatic carbocycles. The average molecular weight is 260 g/mol. The van der Waals surface area contributed by atoms with Crippen molar-refractivity contribution in [3.8, 4) is 5.75 Å². The Kier molecular flexibility index (Phi) is 2.21. The van der Waals surface area contributed by atoms with Crippen LogP contribution >= 0.6 is 0 Å². The van der Waals surface area contributed by atoms with Crippen molar-refractivity contribution in [2.24, 2.45) is 0 Å². The number of methoxy groups -OCH3 is 1. The molecular weight excluding hydrogens is 248 g/mol. The average Bonchev–Trinajstić information content (AvgIpc) is 2.52. The molecule has 0 atom stereocenters. The van der Waals surface area contributed by atoms with Gasteiger partial charge in [-0.25, -0.2) is 0 Å². The Morgan fingerprint density at radius 3 is 2.10 bits per heavy atom. The predicted octanol–water partition coefficient (Wildman–Crippen LogP) is 4.41. The Balaban J connectivity index is 2.36. The van der Waals surface area contributed by atoms with E-state index in [0.29, 0.717) is 0 Å². The van der Waals surface area contributed by atoms with Crippen molar-refractivity contribution in [3.05, 3.63) is 54.1 Å². The number of carbonyl (C=O) groups is 1. The van der Waals surface area contributed by atoms with Crippen molar-refractivity contribution in [1.82, 2.24) is 0 Å². The minimum Gasteiger partial charge on any atom is -0.496 e. The lowest BCUT2D eigenvalue weighted by molar-refractivity contribution is 0.112. The molecule has 0 amide bonds. The van der Waals surface area contributed by atoms with Gasteiger partial charge in [0.25, 0.3) is 0 Å². The van der Waals surface area contributed by atoms with Crippen LogP contribution < -0.4 is 4.74 Å². The summed E-state index contributed by atoms with van der Waals surface area (Å²) in [5.74, 6) is 0.864. The number of rotatable bonds is 2. The van der Waals surface area contributed by atoms with Gasteiger partial charge in [-0.05, 0) is 33.7 Å². The molecule has 2 nitrogen and oxygen atoms in total. The second-order valence-electron chi connectivity index (χ2n) is 4.96. The van der Waals surface area contributed by atoms with Crippen LogP contribution in [-0.4, -0.2) is 13.4 Å². The van der Waals surface area contributed by atoms with Crippen LogP contribution in [0.5, 0.6) is 5.75 Å². The maximum atomic E-state index is 11.3. The molecule has 20 heavy (non-hydrogen) atoms. The SMILES string of the molecule is COc1ccc2ccc3ccc(C=O)c4ccc1c2c34. The highest BCUT2D eigenvalue weighted by Gasteiger charge is 2.12. The van der Waals surface area contributed by atoms with Crippen molar-refractivity contribution >= 4 is 38.6 Å². The summed E-state index contributed by atoms with van der Waals surface area (Å²) in [6, 6.07) is 16.2. The van der Waals surface area contributed by atoms with Gasteiger partial charge >= 0.3 is 0 Å². The van der Waals surface area contributed by atoms with Crippen LogP contribution in [0.4, 0.5) is 0 Å². The minimum absolute atomic E-state index is 0.731. The molecule has 0 saturated heterocycles. The molecule has 0 bridgehead atoms. The second-order valence-corrected chi connectivity index (χ2v) is 4.96. The van der Waals surface area contributed by atoms with Gasteiger partial charge in [-0.2, -0.15) is 0 Å². The van der Waals surface area contributed by atoms with E-state index in [0.717, 1.165) is 39.1 Å². The van der Waals surface area contributed by atoms with Crippen molar-refractivity contribution in [2.75, 3.05) is 7.11 Å². The third-order valence-electron chi connectivity index (χ3n) is 4.01. The number of aldehydes is 1. The fraction of sp³-hybridized carbons (Fsp3) is 0.0556. The molecule has 0 unspecified atom stereocenters. The molecular formula is C18H12O2. The molecule has 0 saturated carbocycles. The van der Waals surface area contributed by atoms with E-state index in [4.69, 9.17) is 4.74 Å². The molecule has 0 aliphatic rings. The van der Waals surface area contributed by atoms with Gasteiger partial charge in [0.15, 0.2) is 6.29 Å². The van der Waals surface area contributed by atoms with E-state index in [-0.39, 0.29) is 0 Å². The van der Waals surface area contributed by atoms with Crippen LogP contribution in [-0.2, 0) is 0 Å². The Morgan fingerprint density at radius 2 is 1.40 bits per heavy atom. The van der Waals surface area contributed by atoms with Crippen LogP contribution in [0.15, 0.2) is 48.5 Å². The molecule has 96 valence electrons. The van der Waals surface area contributed by atoms with E-state index < -0.39 is 0 Å². The summed E-state index contributed by atoms with van der Waals surface area (Å²) in [4.78, 5) is 11.3. The number of hydrogen-bond acceptors (Lipinski definition) is 2. The lowest BCUT2D eigenvalue weighted by atomic mass is 9.92. The first-order valence-corrected chi connectivity index (χ1v) is 6.53. The van der Waals surface area contributed by atoms with Gasteiger partial charge in [-0.15, -0.1) is 0 Å².